The molecule has 0 spiro atoms. The summed E-state index contributed by atoms with van der Waals surface area (Å²) in [7, 11) is 1.39. The summed E-state index contributed by atoms with van der Waals surface area (Å²) in [6.45, 7) is 3.63. The van der Waals surface area contributed by atoms with Crippen LogP contribution in [0.3, 0.4) is 0 Å². The van der Waals surface area contributed by atoms with Crippen molar-refractivity contribution >= 4 is 41.6 Å². The summed E-state index contributed by atoms with van der Waals surface area (Å²) >= 11 is 3.19. The highest BCUT2D eigenvalue weighted by atomic mass is 79.9. The molecule has 0 aliphatic heterocycles. The minimum Gasteiger partial charge on any atom is -0.350 e. The van der Waals surface area contributed by atoms with Crippen molar-refractivity contribution in [2.24, 2.45) is 0 Å². The van der Waals surface area contributed by atoms with Crippen LogP contribution in [0.5, 0.6) is 0 Å². The number of hydrogen-bond donors (Lipinski definition) is 1. The van der Waals surface area contributed by atoms with Crippen LogP contribution in [-0.4, -0.2) is 20.4 Å². The second kappa shape index (κ2) is 5.37. The van der Waals surface area contributed by atoms with Crippen molar-refractivity contribution in [3.8, 4) is 0 Å². The number of nitrogens with one attached hydrogen (secondary N) is 1. The topological polar surface area (TPSA) is 63.2 Å². The van der Waals surface area contributed by atoms with E-state index in [1.54, 1.807) is 0 Å². The van der Waals surface area contributed by atoms with Crippen molar-refractivity contribution in [1.29, 1.82) is 0 Å². The molecule has 0 aliphatic rings. The molecule has 0 radical (unpaired) electrons. The van der Waals surface area contributed by atoms with E-state index >= 15 is 0 Å². The highest BCUT2D eigenvalue weighted by molar-refractivity contribution is 9.10. The fourth-order valence-corrected chi connectivity index (χ4v) is 2.37. The molecule has 0 saturated carbocycles. The van der Waals surface area contributed by atoms with Crippen LogP contribution >= 0.6 is 26.6 Å². The van der Waals surface area contributed by atoms with E-state index in [0.29, 0.717) is 4.47 Å². The molecule has 0 heterocycles. The van der Waals surface area contributed by atoms with E-state index in [4.69, 9.17) is 10.7 Å². The number of carbonyl (C=O) groups excluding carboxylic acids is 1. The molecule has 1 rings (SSSR count). The quantitative estimate of drug-likeness (QED) is 0.860. The summed E-state index contributed by atoms with van der Waals surface area (Å²) in [5.41, 5.74) is 0.237. The highest BCUT2D eigenvalue weighted by Crippen LogP contribution is 2.23. The fraction of sp³-hybridized carbons (Fsp3) is 0.300. The highest BCUT2D eigenvalue weighted by Gasteiger charge is 2.16. The van der Waals surface area contributed by atoms with Gasteiger partial charge in [0.1, 0.15) is 0 Å². The Labute approximate surface area is 113 Å². The molecule has 0 atom stereocenters. The first-order valence-corrected chi connectivity index (χ1v) is 7.87. The van der Waals surface area contributed by atoms with Crippen LogP contribution in [0.1, 0.15) is 24.2 Å². The molecule has 1 aromatic carbocycles. The van der Waals surface area contributed by atoms with Gasteiger partial charge in [0.15, 0.2) is 0 Å². The van der Waals surface area contributed by atoms with Gasteiger partial charge in [0, 0.05) is 21.2 Å². The van der Waals surface area contributed by atoms with Crippen molar-refractivity contribution in [2.75, 3.05) is 0 Å². The largest absolute Gasteiger partial charge is 0.350 e. The van der Waals surface area contributed by atoms with Crippen molar-refractivity contribution in [2.45, 2.75) is 24.8 Å². The van der Waals surface area contributed by atoms with Crippen LogP contribution < -0.4 is 5.32 Å². The maximum absolute atomic E-state index is 11.8. The van der Waals surface area contributed by atoms with Crippen LogP contribution in [0.2, 0.25) is 0 Å². The minimum atomic E-state index is -3.83. The zero-order valence-corrected chi connectivity index (χ0v) is 12.4. The van der Waals surface area contributed by atoms with Gasteiger partial charge in [-0.05, 0) is 48.0 Å². The summed E-state index contributed by atoms with van der Waals surface area (Å²) in [4.78, 5) is 11.7. The van der Waals surface area contributed by atoms with E-state index < -0.39 is 9.05 Å². The van der Waals surface area contributed by atoms with Crippen molar-refractivity contribution in [3.63, 3.8) is 0 Å². The molecule has 0 aromatic heterocycles. The van der Waals surface area contributed by atoms with Crippen molar-refractivity contribution < 1.29 is 13.2 Å². The predicted molar refractivity (Wildman–Crippen MR) is 69.8 cm³/mol. The molecule has 0 bridgehead atoms. The Morgan fingerprint density at radius 3 is 2.47 bits per heavy atom. The first-order chi connectivity index (χ1) is 7.71. The van der Waals surface area contributed by atoms with Gasteiger partial charge in [-0.15, -0.1) is 0 Å². The SMILES string of the molecule is CC(C)NC(=O)c1cc(S(=O)(=O)Cl)ccc1Br. The molecule has 4 nitrogen and oxygen atoms in total. The molecule has 0 aliphatic carbocycles. The maximum atomic E-state index is 11.8. The van der Waals surface area contributed by atoms with Gasteiger partial charge < -0.3 is 5.32 Å². The maximum Gasteiger partial charge on any atom is 0.261 e. The molecule has 17 heavy (non-hydrogen) atoms. The van der Waals surface area contributed by atoms with Crippen molar-refractivity contribution in [1.82, 2.24) is 5.32 Å². The number of benzene rings is 1. The van der Waals surface area contributed by atoms with Crippen LogP contribution in [0.25, 0.3) is 0 Å². The van der Waals surface area contributed by atoms with Gasteiger partial charge in [0.05, 0.1) is 10.5 Å². The van der Waals surface area contributed by atoms with Crippen LogP contribution in [0.4, 0.5) is 0 Å². The lowest BCUT2D eigenvalue weighted by atomic mass is 10.2. The first-order valence-electron chi connectivity index (χ1n) is 4.77. The molecule has 1 aromatic rings. The lowest BCUT2D eigenvalue weighted by Gasteiger charge is -2.10. The summed E-state index contributed by atoms with van der Waals surface area (Å²) < 4.78 is 22.8. The van der Waals surface area contributed by atoms with E-state index in [1.165, 1.54) is 18.2 Å². The van der Waals surface area contributed by atoms with Gasteiger partial charge in [-0.25, -0.2) is 8.42 Å². The molecular formula is C10H11BrClNO3S. The Hall–Kier alpha value is -0.590. The van der Waals surface area contributed by atoms with E-state index in [-0.39, 0.29) is 22.4 Å². The summed E-state index contributed by atoms with van der Waals surface area (Å²) in [6, 6.07) is 4.01. The Balaban J connectivity index is 3.20. The smallest absolute Gasteiger partial charge is 0.261 e. The molecule has 1 amide bonds. The molecule has 0 saturated heterocycles. The lowest BCUT2D eigenvalue weighted by Crippen LogP contribution is -2.30. The third kappa shape index (κ3) is 3.97. The second-order valence-electron chi connectivity index (χ2n) is 3.71. The number of amides is 1. The molecule has 0 fully saturated rings. The lowest BCUT2D eigenvalue weighted by molar-refractivity contribution is 0.0942. The standard InChI is InChI=1S/C10H11BrClNO3S/c1-6(2)13-10(14)8-5-7(17(12,15)16)3-4-9(8)11/h3-6H,1-2H3,(H,13,14). The third-order valence-electron chi connectivity index (χ3n) is 1.88. The van der Waals surface area contributed by atoms with Gasteiger partial charge in [-0.3, -0.25) is 4.79 Å². The minimum absolute atomic E-state index is 0.0364. The summed E-state index contributed by atoms with van der Waals surface area (Å²) in [5, 5.41) is 2.67. The molecular weight excluding hydrogens is 330 g/mol. The summed E-state index contributed by atoms with van der Waals surface area (Å²) in [5.74, 6) is -0.353. The molecule has 94 valence electrons. The van der Waals surface area contributed by atoms with Gasteiger partial charge in [0.2, 0.25) is 0 Å². The van der Waals surface area contributed by atoms with E-state index in [2.05, 4.69) is 21.2 Å². The normalized spacial score (nSPS) is 11.6. The van der Waals surface area contributed by atoms with Crippen LogP contribution in [-0.2, 0) is 9.05 Å². The fourth-order valence-electron chi connectivity index (χ4n) is 1.17. The van der Waals surface area contributed by atoms with Crippen LogP contribution in [0, 0.1) is 0 Å². The second-order valence-corrected chi connectivity index (χ2v) is 7.13. The number of rotatable bonds is 3. The van der Waals surface area contributed by atoms with Gasteiger partial charge >= 0.3 is 0 Å². The zero-order valence-electron chi connectivity index (χ0n) is 9.20. The van der Waals surface area contributed by atoms with E-state index in [9.17, 15) is 13.2 Å². The zero-order chi connectivity index (χ0) is 13.2. The Bertz CT molecular complexity index is 542. The number of carbonyl (C=O) groups is 1. The molecule has 7 heteroatoms. The van der Waals surface area contributed by atoms with Gasteiger partial charge in [0.25, 0.3) is 15.0 Å². The first kappa shape index (κ1) is 14.5. The average molecular weight is 341 g/mol. The molecule has 0 unspecified atom stereocenters. The van der Waals surface area contributed by atoms with Gasteiger partial charge in [-0.2, -0.15) is 0 Å². The molecule has 1 N–H and O–H groups in total. The monoisotopic (exact) mass is 339 g/mol. The van der Waals surface area contributed by atoms with E-state index in [1.807, 2.05) is 13.8 Å². The Morgan fingerprint density at radius 2 is 2.00 bits per heavy atom. The van der Waals surface area contributed by atoms with Crippen LogP contribution in [0.15, 0.2) is 27.6 Å². The van der Waals surface area contributed by atoms with E-state index in [0.717, 1.165) is 0 Å². The number of halogens is 2. The number of hydrogen-bond acceptors (Lipinski definition) is 3. The average Bonchev–Trinajstić information content (AvgIpc) is 2.15. The Kier molecular flexibility index (Phi) is 4.57. The predicted octanol–water partition coefficient (Wildman–Crippen LogP) is 2.51. The van der Waals surface area contributed by atoms with Gasteiger partial charge in [-0.1, -0.05) is 0 Å². The Morgan fingerprint density at radius 1 is 1.41 bits per heavy atom. The van der Waals surface area contributed by atoms with Crippen molar-refractivity contribution in [3.05, 3.63) is 28.2 Å². The summed E-state index contributed by atoms with van der Waals surface area (Å²) in [6.07, 6.45) is 0. The third-order valence-corrected chi connectivity index (χ3v) is 3.93.